The second-order valence-electron chi connectivity index (χ2n) is 7.24. The molecule has 5 nitrogen and oxygen atoms in total. The molecule has 3 amide bonds. The third-order valence-corrected chi connectivity index (χ3v) is 4.73. The van der Waals surface area contributed by atoms with Crippen LogP contribution in [0.15, 0.2) is 30.3 Å². The largest absolute Gasteiger partial charge is 0.353 e. The fraction of sp³-hybridized carbons (Fsp3) is 0.579. The lowest BCUT2D eigenvalue weighted by atomic mass is 9.88. The van der Waals surface area contributed by atoms with Crippen LogP contribution in [0.2, 0.25) is 0 Å². The monoisotopic (exact) mass is 329 g/mol. The van der Waals surface area contributed by atoms with Gasteiger partial charge in [0, 0.05) is 18.6 Å². The highest BCUT2D eigenvalue weighted by Gasteiger charge is 2.37. The second kappa shape index (κ2) is 7.24. The Labute approximate surface area is 143 Å². The van der Waals surface area contributed by atoms with Crippen LogP contribution in [-0.4, -0.2) is 35.5 Å². The molecule has 0 spiro atoms. The Kier molecular flexibility index (Phi) is 5.07. The summed E-state index contributed by atoms with van der Waals surface area (Å²) < 4.78 is 0. The maximum Gasteiger partial charge on any atom is 0.318 e. The van der Waals surface area contributed by atoms with Gasteiger partial charge in [-0.1, -0.05) is 30.3 Å². The van der Waals surface area contributed by atoms with Crippen LogP contribution < -0.4 is 10.6 Å². The number of likely N-dealkylation sites (tertiary alicyclic amines) is 1. The van der Waals surface area contributed by atoms with Gasteiger partial charge in [0.1, 0.15) is 0 Å². The van der Waals surface area contributed by atoms with Crippen LogP contribution in [0.3, 0.4) is 0 Å². The molecule has 0 radical (unpaired) electrons. The average Bonchev–Trinajstić information content (AvgIpc) is 3.38. The first kappa shape index (κ1) is 16.8. The highest BCUT2D eigenvalue weighted by Crippen LogP contribution is 2.34. The third-order valence-electron chi connectivity index (χ3n) is 4.73. The second-order valence-corrected chi connectivity index (χ2v) is 7.24. The first-order valence-corrected chi connectivity index (χ1v) is 8.97. The van der Waals surface area contributed by atoms with Crippen molar-refractivity contribution in [1.29, 1.82) is 0 Å². The summed E-state index contributed by atoms with van der Waals surface area (Å²) in [4.78, 5) is 26.9. The molecule has 1 aliphatic heterocycles. The standard InChI is InChI=1S/C19H27N3O2/c1-13(2)20-19(24)22-12-15(18(23)21-16-9-10-16)8-11-17(22)14-6-4-3-5-7-14/h3-7,13,15-17H,8-12H2,1-2H3,(H,20,24)(H,21,23). The number of nitrogens with one attached hydrogen (secondary N) is 2. The zero-order valence-corrected chi connectivity index (χ0v) is 14.5. The van der Waals surface area contributed by atoms with E-state index in [4.69, 9.17) is 0 Å². The van der Waals surface area contributed by atoms with E-state index in [1.165, 1.54) is 0 Å². The van der Waals surface area contributed by atoms with E-state index in [-0.39, 0.29) is 29.9 Å². The highest BCUT2D eigenvalue weighted by molar-refractivity contribution is 5.81. The van der Waals surface area contributed by atoms with Gasteiger partial charge in [0.05, 0.1) is 12.0 Å². The van der Waals surface area contributed by atoms with Crippen molar-refractivity contribution in [3.63, 3.8) is 0 Å². The molecule has 2 fully saturated rings. The van der Waals surface area contributed by atoms with Crippen molar-refractivity contribution in [3.8, 4) is 0 Å². The summed E-state index contributed by atoms with van der Waals surface area (Å²) in [6.07, 6.45) is 3.81. The van der Waals surface area contributed by atoms with Crippen LogP contribution in [0.1, 0.15) is 51.1 Å². The van der Waals surface area contributed by atoms with E-state index < -0.39 is 0 Å². The van der Waals surface area contributed by atoms with Gasteiger partial charge in [0.25, 0.3) is 0 Å². The fourth-order valence-corrected chi connectivity index (χ4v) is 3.31. The van der Waals surface area contributed by atoms with E-state index in [0.717, 1.165) is 31.2 Å². The molecule has 1 aliphatic carbocycles. The molecular formula is C19H27N3O2. The van der Waals surface area contributed by atoms with Crippen molar-refractivity contribution in [1.82, 2.24) is 15.5 Å². The van der Waals surface area contributed by atoms with Crippen molar-refractivity contribution < 1.29 is 9.59 Å². The number of urea groups is 1. The van der Waals surface area contributed by atoms with E-state index in [9.17, 15) is 9.59 Å². The lowest BCUT2D eigenvalue weighted by Crippen LogP contribution is -2.51. The van der Waals surface area contributed by atoms with Crippen molar-refractivity contribution in [2.24, 2.45) is 5.92 Å². The van der Waals surface area contributed by atoms with Crippen LogP contribution in [-0.2, 0) is 4.79 Å². The topological polar surface area (TPSA) is 61.4 Å². The number of piperidine rings is 1. The van der Waals surface area contributed by atoms with Crippen molar-refractivity contribution in [2.45, 2.75) is 57.7 Å². The fourth-order valence-electron chi connectivity index (χ4n) is 3.31. The molecule has 1 heterocycles. The molecule has 5 heteroatoms. The number of rotatable bonds is 4. The molecular weight excluding hydrogens is 302 g/mol. The zero-order valence-electron chi connectivity index (χ0n) is 14.5. The number of benzene rings is 1. The minimum absolute atomic E-state index is 0.0370. The molecule has 0 aromatic heterocycles. The third kappa shape index (κ3) is 4.08. The van der Waals surface area contributed by atoms with E-state index in [0.29, 0.717) is 12.6 Å². The van der Waals surface area contributed by atoms with E-state index in [1.54, 1.807) is 0 Å². The van der Waals surface area contributed by atoms with Gasteiger partial charge in [-0.05, 0) is 45.1 Å². The smallest absolute Gasteiger partial charge is 0.318 e. The normalized spacial score (nSPS) is 23.9. The van der Waals surface area contributed by atoms with E-state index in [2.05, 4.69) is 22.8 Å². The van der Waals surface area contributed by atoms with Crippen molar-refractivity contribution in [2.75, 3.05) is 6.54 Å². The molecule has 2 N–H and O–H groups in total. The first-order chi connectivity index (χ1) is 11.5. The van der Waals surface area contributed by atoms with Crippen LogP contribution in [0.25, 0.3) is 0 Å². The molecule has 130 valence electrons. The van der Waals surface area contributed by atoms with Crippen molar-refractivity contribution >= 4 is 11.9 Å². The highest BCUT2D eigenvalue weighted by atomic mass is 16.2. The van der Waals surface area contributed by atoms with Crippen LogP contribution in [0.4, 0.5) is 4.79 Å². The molecule has 0 bridgehead atoms. The molecule has 1 saturated heterocycles. The van der Waals surface area contributed by atoms with Gasteiger partial charge in [0.2, 0.25) is 5.91 Å². The Morgan fingerprint density at radius 2 is 1.79 bits per heavy atom. The summed E-state index contributed by atoms with van der Waals surface area (Å²) in [5.41, 5.74) is 1.14. The molecule has 2 atom stereocenters. The quantitative estimate of drug-likeness (QED) is 0.892. The number of hydrogen-bond acceptors (Lipinski definition) is 2. The minimum Gasteiger partial charge on any atom is -0.353 e. The lowest BCUT2D eigenvalue weighted by Gasteiger charge is -2.39. The van der Waals surface area contributed by atoms with Gasteiger partial charge in [-0.15, -0.1) is 0 Å². The van der Waals surface area contributed by atoms with Gasteiger partial charge >= 0.3 is 6.03 Å². The van der Waals surface area contributed by atoms with E-state index >= 15 is 0 Å². The maximum absolute atomic E-state index is 12.7. The summed E-state index contributed by atoms with van der Waals surface area (Å²) in [6, 6.07) is 10.5. The summed E-state index contributed by atoms with van der Waals surface area (Å²) in [7, 11) is 0. The van der Waals surface area contributed by atoms with Gasteiger partial charge < -0.3 is 15.5 Å². The average molecular weight is 329 g/mol. The predicted octanol–water partition coefficient (Wildman–Crippen LogP) is 2.84. The number of hydrogen-bond donors (Lipinski definition) is 2. The Morgan fingerprint density at radius 3 is 2.42 bits per heavy atom. The zero-order chi connectivity index (χ0) is 17.1. The Hall–Kier alpha value is -2.04. The molecule has 1 aromatic carbocycles. The number of nitrogens with zero attached hydrogens (tertiary/aromatic N) is 1. The molecule has 2 unspecified atom stereocenters. The Balaban J connectivity index is 1.74. The summed E-state index contributed by atoms with van der Waals surface area (Å²) in [5, 5.41) is 6.06. The lowest BCUT2D eigenvalue weighted by molar-refractivity contribution is -0.126. The van der Waals surface area contributed by atoms with Crippen LogP contribution >= 0.6 is 0 Å². The van der Waals surface area contributed by atoms with E-state index in [1.807, 2.05) is 36.9 Å². The molecule has 3 rings (SSSR count). The molecule has 24 heavy (non-hydrogen) atoms. The number of carbonyl (C=O) groups is 2. The minimum atomic E-state index is -0.108. The van der Waals surface area contributed by atoms with Gasteiger partial charge in [-0.2, -0.15) is 0 Å². The summed E-state index contributed by atoms with van der Waals surface area (Å²) in [5.74, 6) is -0.00478. The summed E-state index contributed by atoms with van der Waals surface area (Å²) in [6.45, 7) is 4.39. The predicted molar refractivity (Wildman–Crippen MR) is 93.4 cm³/mol. The Morgan fingerprint density at radius 1 is 1.08 bits per heavy atom. The molecule has 1 aromatic rings. The Bertz CT molecular complexity index is 584. The first-order valence-electron chi connectivity index (χ1n) is 8.97. The molecule has 2 aliphatic rings. The maximum atomic E-state index is 12.7. The van der Waals surface area contributed by atoms with Crippen LogP contribution in [0.5, 0.6) is 0 Å². The van der Waals surface area contributed by atoms with Gasteiger partial charge in [-0.25, -0.2) is 4.79 Å². The number of amides is 3. The van der Waals surface area contributed by atoms with Crippen molar-refractivity contribution in [3.05, 3.63) is 35.9 Å². The van der Waals surface area contributed by atoms with Gasteiger partial charge in [0.15, 0.2) is 0 Å². The number of carbonyl (C=O) groups excluding carboxylic acids is 2. The molecule has 1 saturated carbocycles. The summed E-state index contributed by atoms with van der Waals surface area (Å²) >= 11 is 0. The SMILES string of the molecule is CC(C)NC(=O)N1CC(C(=O)NC2CC2)CCC1c1ccccc1. The van der Waals surface area contributed by atoms with Gasteiger partial charge in [-0.3, -0.25) is 4.79 Å². The van der Waals surface area contributed by atoms with Crippen LogP contribution in [0, 0.1) is 5.92 Å².